The molecule has 0 aliphatic carbocycles. The lowest BCUT2D eigenvalue weighted by molar-refractivity contribution is -0.141. The molecule has 0 fully saturated rings. The molecule has 0 saturated carbocycles. The number of benzene rings is 3. The second kappa shape index (κ2) is 15.2. The minimum absolute atomic E-state index is 0.0766. The number of carbonyl (C=O) groups excluding carboxylic acids is 2. The molecule has 0 heterocycles. The number of nitrogens with one attached hydrogen (secondary N) is 1. The number of halogens is 1. The summed E-state index contributed by atoms with van der Waals surface area (Å²) in [6, 6.07) is 21.6. The van der Waals surface area contributed by atoms with E-state index in [4.69, 9.17) is 11.6 Å². The van der Waals surface area contributed by atoms with Gasteiger partial charge in [0.2, 0.25) is 21.8 Å². The monoisotopic (exact) mass is 611 g/mol. The van der Waals surface area contributed by atoms with Gasteiger partial charge in [-0.25, -0.2) is 8.42 Å². The Morgan fingerprint density at radius 1 is 0.905 bits per heavy atom. The Labute approximate surface area is 255 Å². The Kier molecular flexibility index (Phi) is 12.0. The van der Waals surface area contributed by atoms with Gasteiger partial charge in [-0.3, -0.25) is 13.9 Å². The predicted molar refractivity (Wildman–Crippen MR) is 171 cm³/mol. The van der Waals surface area contributed by atoms with Gasteiger partial charge in [0.15, 0.2) is 0 Å². The zero-order chi connectivity index (χ0) is 30.9. The van der Waals surface area contributed by atoms with Gasteiger partial charge in [-0.1, -0.05) is 74.0 Å². The lowest BCUT2D eigenvalue weighted by atomic mass is 10.0. The fourth-order valence-electron chi connectivity index (χ4n) is 4.65. The van der Waals surface area contributed by atoms with Crippen LogP contribution in [0.15, 0.2) is 72.8 Å². The molecule has 7 nitrogen and oxygen atoms in total. The average molecular weight is 612 g/mol. The number of anilines is 1. The van der Waals surface area contributed by atoms with Crippen molar-refractivity contribution in [3.63, 3.8) is 0 Å². The van der Waals surface area contributed by atoms with E-state index >= 15 is 0 Å². The van der Waals surface area contributed by atoms with E-state index in [1.165, 1.54) is 10.6 Å². The zero-order valence-corrected chi connectivity index (χ0v) is 26.7. The Morgan fingerprint density at radius 3 is 2.17 bits per heavy atom. The third-order valence-corrected chi connectivity index (χ3v) is 8.60. The standard InChI is InChI=1S/C33H42ClN3O4S/c1-24(2)22-35-33(39)31(21-27-10-7-6-8-11-27)36(23-28-14-16-29(34)17-15-28)32(38)12-9-19-37(42(5,40)41)30-18-13-25(3)26(4)20-30/h6-8,10-11,13-18,20,24,31H,9,12,19,21-23H2,1-5H3,(H,35,39). The Bertz CT molecular complexity index is 1440. The third-order valence-electron chi connectivity index (χ3n) is 7.15. The first-order valence-corrected chi connectivity index (χ1v) is 16.5. The molecule has 0 spiro atoms. The van der Waals surface area contributed by atoms with Crippen LogP contribution in [0.3, 0.4) is 0 Å². The van der Waals surface area contributed by atoms with Crippen molar-refractivity contribution in [3.05, 3.63) is 100 Å². The summed E-state index contributed by atoms with van der Waals surface area (Å²) in [6.45, 7) is 8.81. The fourth-order valence-corrected chi connectivity index (χ4v) is 5.73. The molecule has 1 unspecified atom stereocenters. The van der Waals surface area contributed by atoms with Gasteiger partial charge in [-0.2, -0.15) is 0 Å². The maximum absolute atomic E-state index is 13.9. The molecule has 2 amide bonds. The third kappa shape index (κ3) is 9.88. The van der Waals surface area contributed by atoms with Crippen molar-refractivity contribution in [2.45, 2.75) is 59.5 Å². The maximum Gasteiger partial charge on any atom is 0.243 e. The molecular formula is C33H42ClN3O4S. The summed E-state index contributed by atoms with van der Waals surface area (Å²) in [4.78, 5) is 29.1. The predicted octanol–water partition coefficient (Wildman–Crippen LogP) is 5.92. The second-order valence-corrected chi connectivity index (χ2v) is 13.5. The first kappa shape index (κ1) is 33.1. The van der Waals surface area contributed by atoms with Crippen LogP contribution in [0.2, 0.25) is 5.02 Å². The molecule has 1 atom stereocenters. The van der Waals surface area contributed by atoms with Crippen molar-refractivity contribution in [1.82, 2.24) is 10.2 Å². The topological polar surface area (TPSA) is 86.8 Å². The normalized spacial score (nSPS) is 12.2. The highest BCUT2D eigenvalue weighted by Gasteiger charge is 2.30. The molecular weight excluding hydrogens is 570 g/mol. The van der Waals surface area contributed by atoms with Gasteiger partial charge in [0.05, 0.1) is 11.9 Å². The van der Waals surface area contributed by atoms with Crippen molar-refractivity contribution in [1.29, 1.82) is 0 Å². The van der Waals surface area contributed by atoms with Gasteiger partial charge in [0.25, 0.3) is 0 Å². The molecule has 0 aromatic heterocycles. The average Bonchev–Trinajstić information content (AvgIpc) is 2.94. The summed E-state index contributed by atoms with van der Waals surface area (Å²) in [5, 5.41) is 3.60. The number of carbonyl (C=O) groups is 2. The van der Waals surface area contributed by atoms with Gasteiger partial charge in [0.1, 0.15) is 6.04 Å². The zero-order valence-electron chi connectivity index (χ0n) is 25.1. The molecule has 3 aromatic carbocycles. The lowest BCUT2D eigenvalue weighted by Crippen LogP contribution is -2.51. The molecule has 9 heteroatoms. The van der Waals surface area contributed by atoms with E-state index in [-0.39, 0.29) is 37.2 Å². The van der Waals surface area contributed by atoms with Gasteiger partial charge in [0, 0.05) is 37.5 Å². The highest BCUT2D eigenvalue weighted by molar-refractivity contribution is 7.92. The van der Waals surface area contributed by atoms with E-state index in [2.05, 4.69) is 5.32 Å². The minimum atomic E-state index is -3.57. The summed E-state index contributed by atoms with van der Waals surface area (Å²) in [5.41, 5.74) is 4.41. The Balaban J connectivity index is 1.88. The molecule has 0 aliphatic rings. The van der Waals surface area contributed by atoms with E-state index in [1.807, 2.05) is 82.3 Å². The summed E-state index contributed by atoms with van der Waals surface area (Å²) < 4.78 is 26.7. The first-order valence-electron chi connectivity index (χ1n) is 14.3. The van der Waals surface area contributed by atoms with E-state index in [0.717, 1.165) is 22.3 Å². The highest BCUT2D eigenvalue weighted by atomic mass is 35.5. The minimum Gasteiger partial charge on any atom is -0.354 e. The molecule has 226 valence electrons. The van der Waals surface area contributed by atoms with Gasteiger partial charge in [-0.15, -0.1) is 0 Å². The first-order chi connectivity index (χ1) is 19.8. The van der Waals surface area contributed by atoms with Crippen molar-refractivity contribution in [2.24, 2.45) is 5.92 Å². The SMILES string of the molecule is Cc1ccc(N(CCCC(=O)N(Cc2ccc(Cl)cc2)C(Cc2ccccc2)C(=O)NCC(C)C)S(C)(=O)=O)cc1C. The summed E-state index contributed by atoms with van der Waals surface area (Å²) in [7, 11) is -3.57. The fraction of sp³-hybridized carbons (Fsp3) is 0.394. The van der Waals surface area contributed by atoms with Crippen LogP contribution in [0, 0.1) is 19.8 Å². The molecule has 1 N–H and O–H groups in total. The molecule has 0 aliphatic heterocycles. The smallest absolute Gasteiger partial charge is 0.243 e. The van der Waals surface area contributed by atoms with Crippen molar-refractivity contribution in [2.75, 3.05) is 23.7 Å². The van der Waals surface area contributed by atoms with Crippen LogP contribution in [-0.4, -0.2) is 50.5 Å². The number of amides is 2. The number of nitrogens with zero attached hydrogens (tertiary/aromatic N) is 2. The van der Waals surface area contributed by atoms with Crippen LogP contribution in [0.5, 0.6) is 0 Å². The summed E-state index contributed by atoms with van der Waals surface area (Å²) in [6.07, 6.45) is 1.89. The highest BCUT2D eigenvalue weighted by Crippen LogP contribution is 2.23. The van der Waals surface area contributed by atoms with Crippen molar-refractivity contribution >= 4 is 39.1 Å². The number of sulfonamides is 1. The molecule has 3 aromatic rings. The van der Waals surface area contributed by atoms with E-state index < -0.39 is 16.1 Å². The van der Waals surface area contributed by atoms with Crippen LogP contribution >= 0.6 is 11.6 Å². The van der Waals surface area contributed by atoms with Gasteiger partial charge in [-0.05, 0) is 72.7 Å². The molecule has 0 bridgehead atoms. The maximum atomic E-state index is 13.9. The Hall–Kier alpha value is -3.36. The Morgan fingerprint density at radius 2 is 1.57 bits per heavy atom. The van der Waals surface area contributed by atoms with E-state index in [0.29, 0.717) is 30.1 Å². The van der Waals surface area contributed by atoms with Gasteiger partial charge < -0.3 is 10.2 Å². The van der Waals surface area contributed by atoms with Crippen LogP contribution < -0.4 is 9.62 Å². The number of hydrogen-bond acceptors (Lipinski definition) is 4. The lowest BCUT2D eigenvalue weighted by Gasteiger charge is -2.32. The molecule has 0 radical (unpaired) electrons. The van der Waals surface area contributed by atoms with Crippen LogP contribution in [0.4, 0.5) is 5.69 Å². The van der Waals surface area contributed by atoms with Gasteiger partial charge >= 0.3 is 0 Å². The summed E-state index contributed by atoms with van der Waals surface area (Å²) >= 11 is 6.11. The van der Waals surface area contributed by atoms with Crippen LogP contribution in [0.25, 0.3) is 0 Å². The quantitative estimate of drug-likeness (QED) is 0.245. The number of rotatable bonds is 14. The summed E-state index contributed by atoms with van der Waals surface area (Å²) in [5.74, 6) is -0.194. The van der Waals surface area contributed by atoms with Crippen molar-refractivity contribution < 1.29 is 18.0 Å². The van der Waals surface area contributed by atoms with E-state index in [9.17, 15) is 18.0 Å². The second-order valence-electron chi connectivity index (χ2n) is 11.2. The number of hydrogen-bond donors (Lipinski definition) is 1. The number of aryl methyl sites for hydroxylation is 2. The van der Waals surface area contributed by atoms with Crippen molar-refractivity contribution in [3.8, 4) is 0 Å². The van der Waals surface area contributed by atoms with Crippen LogP contribution in [-0.2, 0) is 32.6 Å². The molecule has 0 saturated heterocycles. The molecule has 3 rings (SSSR count). The molecule has 42 heavy (non-hydrogen) atoms. The van der Waals surface area contributed by atoms with E-state index in [1.54, 1.807) is 23.1 Å². The largest absolute Gasteiger partial charge is 0.354 e. The van der Waals surface area contributed by atoms with Crippen LogP contribution in [0.1, 0.15) is 48.9 Å².